The molecule has 0 bridgehead atoms. The molecule has 2 rings (SSSR count). The second-order valence-corrected chi connectivity index (χ2v) is 5.76. The summed E-state index contributed by atoms with van der Waals surface area (Å²) in [5.74, 6) is 5.58. The Morgan fingerprint density at radius 2 is 2.35 bits per heavy atom. The van der Waals surface area contributed by atoms with E-state index < -0.39 is 0 Å². The van der Waals surface area contributed by atoms with Crippen LogP contribution in [0.3, 0.4) is 0 Å². The summed E-state index contributed by atoms with van der Waals surface area (Å²) >= 11 is 11.1. The van der Waals surface area contributed by atoms with E-state index in [9.17, 15) is 0 Å². The number of hydrogen-bond donors (Lipinski definition) is 2. The average Bonchev–Trinajstić information content (AvgIpc) is 2.82. The summed E-state index contributed by atoms with van der Waals surface area (Å²) in [7, 11) is 0. The van der Waals surface area contributed by atoms with Crippen molar-refractivity contribution in [2.45, 2.75) is 12.5 Å². The number of benzene rings is 1. The quantitative estimate of drug-likeness (QED) is 0.667. The van der Waals surface area contributed by atoms with Gasteiger partial charge in [-0.15, -0.1) is 11.3 Å². The van der Waals surface area contributed by atoms with Crippen LogP contribution in [0.1, 0.15) is 16.6 Å². The standard InChI is InChI=1S/C11H11BrClN3S/c12-8-2-1-7(5-9(8)13)10(16-14)6-11-15-3-4-17-11/h1-5,10,16H,6,14H2. The molecule has 1 heterocycles. The van der Waals surface area contributed by atoms with E-state index in [1.807, 2.05) is 23.6 Å². The molecule has 3 nitrogen and oxygen atoms in total. The van der Waals surface area contributed by atoms with Gasteiger partial charge in [0.1, 0.15) is 0 Å². The highest BCUT2D eigenvalue weighted by Crippen LogP contribution is 2.27. The fraction of sp³-hybridized carbons (Fsp3) is 0.182. The molecule has 3 N–H and O–H groups in total. The van der Waals surface area contributed by atoms with Crippen molar-refractivity contribution >= 4 is 38.9 Å². The number of rotatable bonds is 4. The van der Waals surface area contributed by atoms with Crippen molar-refractivity contribution in [3.8, 4) is 0 Å². The Kier molecular flexibility index (Phi) is 4.53. The SMILES string of the molecule is NNC(Cc1nccs1)c1ccc(Br)c(Cl)c1. The van der Waals surface area contributed by atoms with Gasteiger partial charge in [0.25, 0.3) is 0 Å². The number of nitrogens with two attached hydrogens (primary N) is 1. The highest BCUT2D eigenvalue weighted by molar-refractivity contribution is 9.10. The Hall–Kier alpha value is -0.460. The molecular weight excluding hydrogens is 322 g/mol. The van der Waals surface area contributed by atoms with Crippen LogP contribution < -0.4 is 11.3 Å². The molecule has 0 aliphatic rings. The third kappa shape index (κ3) is 3.26. The summed E-state index contributed by atoms with van der Waals surface area (Å²) in [5, 5.41) is 3.69. The molecule has 0 saturated carbocycles. The highest BCUT2D eigenvalue weighted by Gasteiger charge is 2.13. The maximum Gasteiger partial charge on any atom is 0.0944 e. The molecule has 2 aromatic rings. The van der Waals surface area contributed by atoms with Gasteiger partial charge in [-0.3, -0.25) is 11.3 Å². The minimum Gasteiger partial charge on any atom is -0.271 e. The Balaban J connectivity index is 2.20. The first kappa shape index (κ1) is 13.0. The van der Waals surface area contributed by atoms with Gasteiger partial charge in [0.05, 0.1) is 16.1 Å². The van der Waals surface area contributed by atoms with Gasteiger partial charge in [0.2, 0.25) is 0 Å². The lowest BCUT2D eigenvalue weighted by atomic mass is 10.1. The van der Waals surface area contributed by atoms with Crippen molar-refractivity contribution < 1.29 is 0 Å². The second kappa shape index (κ2) is 5.93. The monoisotopic (exact) mass is 331 g/mol. The molecule has 90 valence electrons. The summed E-state index contributed by atoms with van der Waals surface area (Å²) in [5.41, 5.74) is 3.85. The summed E-state index contributed by atoms with van der Waals surface area (Å²) < 4.78 is 0.882. The Bertz CT molecular complexity index is 489. The number of thiazole rings is 1. The van der Waals surface area contributed by atoms with Crippen molar-refractivity contribution in [3.63, 3.8) is 0 Å². The first-order chi connectivity index (χ1) is 8.20. The van der Waals surface area contributed by atoms with Crippen molar-refractivity contribution in [1.29, 1.82) is 0 Å². The molecule has 1 aromatic heterocycles. The van der Waals surface area contributed by atoms with Crippen molar-refractivity contribution in [2.75, 3.05) is 0 Å². The van der Waals surface area contributed by atoms with Gasteiger partial charge < -0.3 is 0 Å². The largest absolute Gasteiger partial charge is 0.271 e. The third-order valence-electron chi connectivity index (χ3n) is 2.41. The molecular formula is C11H11BrClN3S. The lowest BCUT2D eigenvalue weighted by molar-refractivity contribution is 0.550. The second-order valence-electron chi connectivity index (χ2n) is 3.52. The van der Waals surface area contributed by atoms with Crippen LogP contribution in [0, 0.1) is 0 Å². The fourth-order valence-corrected chi connectivity index (χ4v) is 2.63. The molecule has 0 fully saturated rings. The van der Waals surface area contributed by atoms with E-state index in [4.69, 9.17) is 17.4 Å². The Morgan fingerprint density at radius 1 is 1.53 bits per heavy atom. The van der Waals surface area contributed by atoms with Crippen LogP contribution in [0.5, 0.6) is 0 Å². The predicted octanol–water partition coefficient (Wildman–Crippen LogP) is 3.31. The molecule has 0 amide bonds. The number of hydrogen-bond acceptors (Lipinski definition) is 4. The normalized spacial score (nSPS) is 12.6. The number of halogens is 2. The Labute approximate surface area is 117 Å². The molecule has 0 aliphatic carbocycles. The third-order valence-corrected chi connectivity index (χ3v) is 4.44. The van der Waals surface area contributed by atoms with E-state index in [1.54, 1.807) is 17.5 Å². The van der Waals surface area contributed by atoms with Gasteiger partial charge >= 0.3 is 0 Å². The summed E-state index contributed by atoms with van der Waals surface area (Å²) in [4.78, 5) is 4.25. The molecule has 0 saturated heterocycles. The van der Waals surface area contributed by atoms with Gasteiger partial charge in [0.15, 0.2) is 0 Å². The zero-order chi connectivity index (χ0) is 12.3. The van der Waals surface area contributed by atoms with Gasteiger partial charge in [-0.2, -0.15) is 0 Å². The summed E-state index contributed by atoms with van der Waals surface area (Å²) in [6.07, 6.45) is 2.55. The molecule has 1 atom stereocenters. The number of nitrogens with one attached hydrogen (secondary N) is 1. The Morgan fingerprint density at radius 3 is 2.94 bits per heavy atom. The maximum atomic E-state index is 6.07. The van der Waals surface area contributed by atoms with E-state index >= 15 is 0 Å². The van der Waals surface area contributed by atoms with Crippen LogP contribution in [0.2, 0.25) is 5.02 Å². The first-order valence-corrected chi connectivity index (χ1v) is 7.05. The lowest BCUT2D eigenvalue weighted by Crippen LogP contribution is -2.29. The molecule has 1 aromatic carbocycles. The minimum atomic E-state index is 0.0201. The van der Waals surface area contributed by atoms with Gasteiger partial charge in [-0.05, 0) is 33.6 Å². The molecule has 17 heavy (non-hydrogen) atoms. The number of nitrogens with zero attached hydrogens (tertiary/aromatic N) is 1. The summed E-state index contributed by atoms with van der Waals surface area (Å²) in [6.45, 7) is 0. The summed E-state index contributed by atoms with van der Waals surface area (Å²) in [6, 6.07) is 5.84. The molecule has 0 aliphatic heterocycles. The van der Waals surface area contributed by atoms with Crippen molar-refractivity contribution in [1.82, 2.24) is 10.4 Å². The zero-order valence-electron chi connectivity index (χ0n) is 8.86. The molecule has 1 unspecified atom stereocenters. The van der Waals surface area contributed by atoms with E-state index in [0.29, 0.717) is 5.02 Å². The van der Waals surface area contributed by atoms with Crippen LogP contribution in [-0.2, 0) is 6.42 Å². The van der Waals surface area contributed by atoms with Gasteiger partial charge in [-0.25, -0.2) is 4.98 Å². The molecule has 6 heteroatoms. The topological polar surface area (TPSA) is 50.9 Å². The van der Waals surface area contributed by atoms with Crippen molar-refractivity contribution in [3.05, 3.63) is 49.8 Å². The highest BCUT2D eigenvalue weighted by atomic mass is 79.9. The van der Waals surface area contributed by atoms with E-state index in [1.165, 1.54) is 0 Å². The lowest BCUT2D eigenvalue weighted by Gasteiger charge is -2.15. The van der Waals surface area contributed by atoms with Crippen molar-refractivity contribution in [2.24, 2.45) is 5.84 Å². The van der Waals surface area contributed by atoms with E-state index in [-0.39, 0.29) is 6.04 Å². The zero-order valence-corrected chi connectivity index (χ0v) is 12.0. The van der Waals surface area contributed by atoms with Crippen LogP contribution in [0.25, 0.3) is 0 Å². The van der Waals surface area contributed by atoms with Crippen LogP contribution in [0.15, 0.2) is 34.2 Å². The number of aromatic nitrogens is 1. The molecule has 0 spiro atoms. The van der Waals surface area contributed by atoms with Crippen LogP contribution in [0.4, 0.5) is 0 Å². The fourth-order valence-electron chi connectivity index (χ4n) is 1.53. The minimum absolute atomic E-state index is 0.0201. The van der Waals surface area contributed by atoms with Gasteiger partial charge in [-0.1, -0.05) is 17.7 Å². The average molecular weight is 333 g/mol. The number of hydrazine groups is 1. The van der Waals surface area contributed by atoms with E-state index in [0.717, 1.165) is 21.5 Å². The van der Waals surface area contributed by atoms with Gasteiger partial charge in [0, 0.05) is 22.5 Å². The van der Waals surface area contributed by atoms with E-state index in [2.05, 4.69) is 26.3 Å². The predicted molar refractivity (Wildman–Crippen MR) is 75.0 cm³/mol. The van der Waals surface area contributed by atoms with Crippen LogP contribution >= 0.6 is 38.9 Å². The molecule has 0 radical (unpaired) electrons. The first-order valence-electron chi connectivity index (χ1n) is 5.00. The maximum absolute atomic E-state index is 6.07. The van der Waals surface area contributed by atoms with Crippen LogP contribution in [-0.4, -0.2) is 4.98 Å². The smallest absolute Gasteiger partial charge is 0.0944 e.